The molecular weight excluding hydrogens is 172 g/mol. The summed E-state index contributed by atoms with van der Waals surface area (Å²) in [5.41, 5.74) is 1.49. The van der Waals surface area contributed by atoms with Gasteiger partial charge < -0.3 is 5.32 Å². The highest BCUT2D eigenvalue weighted by atomic mass is 14.9. The van der Waals surface area contributed by atoms with Crippen molar-refractivity contribution >= 4 is 5.69 Å². The van der Waals surface area contributed by atoms with E-state index < -0.39 is 0 Å². The van der Waals surface area contributed by atoms with Crippen LogP contribution in [0, 0.1) is 23.7 Å². The van der Waals surface area contributed by atoms with Crippen molar-refractivity contribution in [3.05, 3.63) is 29.8 Å². The molecule has 0 saturated heterocycles. The molecule has 70 valence electrons. The van der Waals surface area contributed by atoms with Crippen molar-refractivity contribution in [2.75, 3.05) is 5.32 Å². The standard InChI is InChI=1S/C12H12N2/c1-3-6-10(2)14-12-8-5-4-7-11(12)9-13/h1,4-5,7-8,10,14H,6H2,2H3. The van der Waals surface area contributed by atoms with Crippen molar-refractivity contribution < 1.29 is 0 Å². The predicted molar refractivity (Wildman–Crippen MR) is 57.7 cm³/mol. The molecule has 1 rings (SSSR count). The number of hydrogen-bond donors (Lipinski definition) is 1. The Balaban J connectivity index is 2.77. The van der Waals surface area contributed by atoms with E-state index in [2.05, 4.69) is 17.3 Å². The van der Waals surface area contributed by atoms with Gasteiger partial charge >= 0.3 is 0 Å². The fourth-order valence-corrected chi connectivity index (χ4v) is 1.20. The molecule has 0 aliphatic heterocycles. The fraction of sp³-hybridized carbons (Fsp3) is 0.250. The van der Waals surface area contributed by atoms with E-state index in [1.165, 1.54) is 0 Å². The van der Waals surface area contributed by atoms with Gasteiger partial charge in [0.25, 0.3) is 0 Å². The number of terminal acetylenes is 1. The van der Waals surface area contributed by atoms with E-state index in [1.54, 1.807) is 6.07 Å². The second kappa shape index (κ2) is 4.94. The highest BCUT2D eigenvalue weighted by Gasteiger charge is 2.03. The van der Waals surface area contributed by atoms with Crippen LogP contribution in [0.3, 0.4) is 0 Å². The maximum absolute atomic E-state index is 8.83. The zero-order valence-corrected chi connectivity index (χ0v) is 8.12. The Bertz CT molecular complexity index is 382. The van der Waals surface area contributed by atoms with Crippen molar-refractivity contribution in [1.29, 1.82) is 5.26 Å². The minimum absolute atomic E-state index is 0.189. The molecule has 0 aromatic heterocycles. The number of rotatable bonds is 3. The maximum atomic E-state index is 8.83. The lowest BCUT2D eigenvalue weighted by Crippen LogP contribution is -2.14. The van der Waals surface area contributed by atoms with E-state index in [9.17, 15) is 0 Å². The Hall–Kier alpha value is -1.93. The van der Waals surface area contributed by atoms with E-state index in [0.717, 1.165) is 5.69 Å². The Kier molecular flexibility index (Phi) is 3.58. The summed E-state index contributed by atoms with van der Waals surface area (Å²) >= 11 is 0. The zero-order chi connectivity index (χ0) is 10.4. The average Bonchev–Trinajstić information content (AvgIpc) is 2.19. The van der Waals surface area contributed by atoms with Crippen LogP contribution < -0.4 is 5.32 Å². The van der Waals surface area contributed by atoms with Crippen LogP contribution in [0.5, 0.6) is 0 Å². The Morgan fingerprint density at radius 3 is 2.86 bits per heavy atom. The van der Waals surface area contributed by atoms with Crippen LogP contribution in [0.25, 0.3) is 0 Å². The third-order valence-electron chi connectivity index (χ3n) is 1.87. The summed E-state index contributed by atoms with van der Waals surface area (Å²) in [4.78, 5) is 0. The average molecular weight is 184 g/mol. The van der Waals surface area contributed by atoms with Crippen LogP contribution in [-0.4, -0.2) is 6.04 Å². The minimum atomic E-state index is 0.189. The first-order valence-electron chi connectivity index (χ1n) is 4.47. The summed E-state index contributed by atoms with van der Waals surface area (Å²) in [6.07, 6.45) is 5.85. The lowest BCUT2D eigenvalue weighted by atomic mass is 10.1. The van der Waals surface area contributed by atoms with E-state index >= 15 is 0 Å². The van der Waals surface area contributed by atoms with Gasteiger partial charge in [-0.3, -0.25) is 0 Å². The van der Waals surface area contributed by atoms with Crippen LogP contribution in [0.4, 0.5) is 5.69 Å². The molecule has 0 heterocycles. The minimum Gasteiger partial charge on any atom is -0.381 e. The number of nitrogens with zero attached hydrogens (tertiary/aromatic N) is 1. The van der Waals surface area contributed by atoms with Gasteiger partial charge in [-0.25, -0.2) is 0 Å². The van der Waals surface area contributed by atoms with E-state index in [1.807, 2.05) is 25.1 Å². The van der Waals surface area contributed by atoms with Gasteiger partial charge in [0.1, 0.15) is 6.07 Å². The molecule has 0 fully saturated rings. The third kappa shape index (κ3) is 2.54. The van der Waals surface area contributed by atoms with Gasteiger partial charge in [0.05, 0.1) is 11.3 Å². The van der Waals surface area contributed by atoms with Gasteiger partial charge in [0, 0.05) is 12.5 Å². The lowest BCUT2D eigenvalue weighted by Gasteiger charge is -2.13. The molecule has 1 aromatic rings. The van der Waals surface area contributed by atoms with Crippen LogP contribution in [-0.2, 0) is 0 Å². The number of para-hydroxylation sites is 1. The molecule has 0 spiro atoms. The lowest BCUT2D eigenvalue weighted by molar-refractivity contribution is 0.828. The van der Waals surface area contributed by atoms with Crippen molar-refractivity contribution in [3.63, 3.8) is 0 Å². The van der Waals surface area contributed by atoms with Gasteiger partial charge in [-0.15, -0.1) is 12.3 Å². The molecule has 2 nitrogen and oxygen atoms in total. The molecule has 0 aliphatic rings. The van der Waals surface area contributed by atoms with Crippen molar-refractivity contribution in [3.8, 4) is 18.4 Å². The maximum Gasteiger partial charge on any atom is 0.101 e. The number of hydrogen-bond acceptors (Lipinski definition) is 2. The van der Waals surface area contributed by atoms with Crippen molar-refractivity contribution in [2.45, 2.75) is 19.4 Å². The summed E-state index contributed by atoms with van der Waals surface area (Å²) in [5.74, 6) is 2.58. The van der Waals surface area contributed by atoms with Gasteiger partial charge in [0.2, 0.25) is 0 Å². The predicted octanol–water partition coefficient (Wildman–Crippen LogP) is 2.38. The number of benzene rings is 1. The van der Waals surface area contributed by atoms with Gasteiger partial charge in [0.15, 0.2) is 0 Å². The SMILES string of the molecule is C#CCC(C)Nc1ccccc1C#N. The molecule has 0 saturated carbocycles. The number of nitriles is 1. The summed E-state index contributed by atoms with van der Waals surface area (Å²) < 4.78 is 0. The molecule has 0 aliphatic carbocycles. The first-order chi connectivity index (χ1) is 6.77. The van der Waals surface area contributed by atoms with Crippen LogP contribution in [0.15, 0.2) is 24.3 Å². The molecule has 2 heteroatoms. The van der Waals surface area contributed by atoms with E-state index in [-0.39, 0.29) is 6.04 Å². The smallest absolute Gasteiger partial charge is 0.101 e. The number of anilines is 1. The molecule has 1 N–H and O–H groups in total. The summed E-state index contributed by atoms with van der Waals surface area (Å²) in [6, 6.07) is 9.72. The summed E-state index contributed by atoms with van der Waals surface area (Å²) in [7, 11) is 0. The third-order valence-corrected chi connectivity index (χ3v) is 1.87. The molecule has 1 unspecified atom stereocenters. The molecular formula is C12H12N2. The summed E-state index contributed by atoms with van der Waals surface area (Å²) in [5, 5.41) is 12.0. The Morgan fingerprint density at radius 2 is 2.21 bits per heavy atom. The Morgan fingerprint density at radius 1 is 1.50 bits per heavy atom. The van der Waals surface area contributed by atoms with E-state index in [4.69, 9.17) is 11.7 Å². The first-order valence-corrected chi connectivity index (χ1v) is 4.47. The van der Waals surface area contributed by atoms with Crippen molar-refractivity contribution in [1.82, 2.24) is 0 Å². The quantitative estimate of drug-likeness (QED) is 0.732. The van der Waals surface area contributed by atoms with Gasteiger partial charge in [-0.05, 0) is 19.1 Å². The topological polar surface area (TPSA) is 35.8 Å². The van der Waals surface area contributed by atoms with Gasteiger partial charge in [-0.2, -0.15) is 5.26 Å². The van der Waals surface area contributed by atoms with Crippen LogP contribution in [0.1, 0.15) is 18.9 Å². The van der Waals surface area contributed by atoms with Crippen LogP contribution >= 0.6 is 0 Å². The normalized spacial score (nSPS) is 11.1. The van der Waals surface area contributed by atoms with E-state index in [0.29, 0.717) is 12.0 Å². The highest BCUT2D eigenvalue weighted by molar-refractivity contribution is 5.57. The fourth-order valence-electron chi connectivity index (χ4n) is 1.20. The van der Waals surface area contributed by atoms with Crippen molar-refractivity contribution in [2.24, 2.45) is 0 Å². The molecule has 0 radical (unpaired) electrons. The number of nitrogens with one attached hydrogen (secondary N) is 1. The summed E-state index contributed by atoms with van der Waals surface area (Å²) in [6.45, 7) is 1.99. The molecule has 0 bridgehead atoms. The first kappa shape index (κ1) is 10.2. The monoisotopic (exact) mass is 184 g/mol. The largest absolute Gasteiger partial charge is 0.381 e. The second-order valence-corrected chi connectivity index (χ2v) is 3.11. The second-order valence-electron chi connectivity index (χ2n) is 3.11. The molecule has 1 atom stereocenters. The van der Waals surface area contributed by atoms with Gasteiger partial charge in [-0.1, -0.05) is 12.1 Å². The highest BCUT2D eigenvalue weighted by Crippen LogP contribution is 2.15. The molecule has 1 aromatic carbocycles. The Labute approximate surface area is 84.6 Å². The molecule has 0 amide bonds. The molecule has 14 heavy (non-hydrogen) atoms. The zero-order valence-electron chi connectivity index (χ0n) is 8.12. The van der Waals surface area contributed by atoms with Crippen LogP contribution in [0.2, 0.25) is 0 Å².